The van der Waals surface area contributed by atoms with Crippen molar-refractivity contribution in [1.29, 1.82) is 0 Å². The van der Waals surface area contributed by atoms with Gasteiger partial charge in [0.1, 0.15) is 5.15 Å². The van der Waals surface area contributed by atoms with Gasteiger partial charge in [0.15, 0.2) is 0 Å². The number of ether oxygens (including phenoxy) is 1. The van der Waals surface area contributed by atoms with E-state index in [1.165, 1.54) is 0 Å². The Kier molecular flexibility index (Phi) is 7.90. The third-order valence-corrected chi connectivity index (χ3v) is 5.60. The molecule has 1 aromatic heterocycles. The smallest absolute Gasteiger partial charge is 0.246 e. The Morgan fingerprint density at radius 2 is 2.17 bits per heavy atom. The number of carbonyl (C=O) groups excluding carboxylic acids is 1. The molecule has 1 aliphatic rings. The molecule has 1 atom stereocenters. The zero-order valence-electron chi connectivity index (χ0n) is 17.3. The van der Waals surface area contributed by atoms with E-state index in [0.717, 1.165) is 55.7 Å². The van der Waals surface area contributed by atoms with Gasteiger partial charge in [0.25, 0.3) is 0 Å². The summed E-state index contributed by atoms with van der Waals surface area (Å²) in [6, 6.07) is 10.1. The minimum atomic E-state index is -0.0406. The quantitative estimate of drug-likeness (QED) is 0.549. The van der Waals surface area contributed by atoms with Crippen molar-refractivity contribution in [1.82, 2.24) is 14.7 Å². The fraction of sp³-hybridized carbons (Fsp3) is 0.478. The molecule has 156 valence electrons. The highest BCUT2D eigenvalue weighted by atomic mass is 35.5. The predicted molar refractivity (Wildman–Crippen MR) is 117 cm³/mol. The van der Waals surface area contributed by atoms with Crippen molar-refractivity contribution in [3.05, 3.63) is 58.4 Å². The molecule has 2 heterocycles. The van der Waals surface area contributed by atoms with E-state index in [4.69, 9.17) is 16.3 Å². The van der Waals surface area contributed by atoms with E-state index in [9.17, 15) is 4.79 Å². The van der Waals surface area contributed by atoms with Crippen molar-refractivity contribution < 1.29 is 9.53 Å². The molecule has 2 aromatic rings. The summed E-state index contributed by atoms with van der Waals surface area (Å²) in [4.78, 5) is 14.9. The third kappa shape index (κ3) is 5.94. The molecule has 3 rings (SSSR count). The number of aryl methyl sites for hydroxylation is 2. The van der Waals surface area contributed by atoms with Crippen LogP contribution in [0.15, 0.2) is 36.4 Å². The number of hydrogen-bond acceptors (Lipinski definition) is 3. The third-order valence-electron chi connectivity index (χ3n) is 5.20. The van der Waals surface area contributed by atoms with Gasteiger partial charge in [0.05, 0.1) is 11.8 Å². The average Bonchev–Trinajstić information content (AvgIpc) is 3.33. The van der Waals surface area contributed by atoms with Gasteiger partial charge < -0.3 is 9.64 Å². The van der Waals surface area contributed by atoms with Gasteiger partial charge in [-0.3, -0.25) is 9.48 Å². The number of rotatable bonds is 9. The molecule has 0 radical (unpaired) electrons. The Morgan fingerprint density at radius 1 is 1.38 bits per heavy atom. The number of hydrogen-bond donors (Lipinski definition) is 0. The highest BCUT2D eigenvalue weighted by Crippen LogP contribution is 2.22. The molecule has 1 fully saturated rings. The van der Waals surface area contributed by atoms with Gasteiger partial charge in [-0.15, -0.1) is 0 Å². The molecule has 0 aliphatic carbocycles. The molecular weight excluding hydrogens is 386 g/mol. The lowest BCUT2D eigenvalue weighted by atomic mass is 10.1. The summed E-state index contributed by atoms with van der Waals surface area (Å²) < 4.78 is 7.58. The Bertz CT molecular complexity index is 826. The van der Waals surface area contributed by atoms with E-state index in [1.807, 2.05) is 46.8 Å². The lowest BCUT2D eigenvalue weighted by Gasteiger charge is -2.24. The van der Waals surface area contributed by atoms with Crippen LogP contribution in [0.5, 0.6) is 0 Å². The van der Waals surface area contributed by atoms with Crippen LogP contribution >= 0.6 is 11.6 Å². The first-order valence-corrected chi connectivity index (χ1v) is 10.8. The zero-order valence-corrected chi connectivity index (χ0v) is 18.1. The van der Waals surface area contributed by atoms with Crippen LogP contribution in [0.2, 0.25) is 5.15 Å². The molecule has 6 heteroatoms. The van der Waals surface area contributed by atoms with Crippen molar-refractivity contribution in [3.8, 4) is 0 Å². The SMILES string of the molecule is CCCCn1nc(C)c(/C=C/C(=O)N(Cc2ccccc2)CC2CCCO2)c1Cl. The van der Waals surface area contributed by atoms with Crippen LogP contribution in [-0.4, -0.2) is 39.8 Å². The van der Waals surface area contributed by atoms with Gasteiger partial charge in [-0.1, -0.05) is 55.3 Å². The molecule has 5 nitrogen and oxygen atoms in total. The number of aromatic nitrogens is 2. The maximum Gasteiger partial charge on any atom is 0.246 e. The minimum absolute atomic E-state index is 0.0406. The largest absolute Gasteiger partial charge is 0.376 e. The van der Waals surface area contributed by atoms with E-state index in [0.29, 0.717) is 18.2 Å². The maximum atomic E-state index is 13.0. The molecule has 1 aromatic carbocycles. The zero-order chi connectivity index (χ0) is 20.6. The van der Waals surface area contributed by atoms with Gasteiger partial charge in [0.2, 0.25) is 5.91 Å². The lowest BCUT2D eigenvalue weighted by Crippen LogP contribution is -2.35. The summed E-state index contributed by atoms with van der Waals surface area (Å²) in [6.07, 6.45) is 7.67. The second kappa shape index (κ2) is 10.6. The van der Waals surface area contributed by atoms with E-state index < -0.39 is 0 Å². The molecule has 0 saturated carbocycles. The number of nitrogens with zero attached hydrogens (tertiary/aromatic N) is 3. The topological polar surface area (TPSA) is 47.4 Å². The second-order valence-electron chi connectivity index (χ2n) is 7.54. The Balaban J connectivity index is 1.74. The standard InChI is InChI=1S/C23H30ClN3O2/c1-3-4-14-27-23(24)21(18(2)25-27)12-13-22(28)26(17-20-11-8-15-29-20)16-19-9-6-5-7-10-19/h5-7,9-10,12-13,20H,3-4,8,11,14-17H2,1-2H3/b13-12+. The molecule has 0 N–H and O–H groups in total. The van der Waals surface area contributed by atoms with Crippen LogP contribution in [0.1, 0.15) is 49.4 Å². The molecule has 29 heavy (non-hydrogen) atoms. The number of amides is 1. The molecule has 1 amide bonds. The first-order valence-electron chi connectivity index (χ1n) is 10.4. The Morgan fingerprint density at radius 3 is 2.86 bits per heavy atom. The predicted octanol–water partition coefficient (Wildman–Crippen LogP) is 4.87. The molecule has 0 bridgehead atoms. The number of unbranched alkanes of at least 4 members (excludes halogenated alkanes) is 1. The number of benzene rings is 1. The van der Waals surface area contributed by atoms with Crippen LogP contribution in [0, 0.1) is 6.92 Å². The molecule has 0 spiro atoms. The summed E-state index contributed by atoms with van der Waals surface area (Å²) in [5.74, 6) is -0.0406. The van der Waals surface area contributed by atoms with Crippen LogP contribution in [0.25, 0.3) is 6.08 Å². The van der Waals surface area contributed by atoms with Crippen LogP contribution in [0.4, 0.5) is 0 Å². The highest BCUT2D eigenvalue weighted by molar-refractivity contribution is 6.31. The molecular formula is C23H30ClN3O2. The van der Waals surface area contributed by atoms with Crippen molar-refractivity contribution in [2.24, 2.45) is 0 Å². The number of carbonyl (C=O) groups is 1. The molecule has 1 unspecified atom stereocenters. The summed E-state index contributed by atoms with van der Waals surface area (Å²) in [6.45, 7) is 6.79. The molecule has 1 saturated heterocycles. The highest BCUT2D eigenvalue weighted by Gasteiger charge is 2.22. The summed E-state index contributed by atoms with van der Waals surface area (Å²) >= 11 is 6.50. The van der Waals surface area contributed by atoms with Crippen LogP contribution in [0.3, 0.4) is 0 Å². The fourth-order valence-electron chi connectivity index (χ4n) is 3.54. The van der Waals surface area contributed by atoms with E-state index in [-0.39, 0.29) is 12.0 Å². The summed E-state index contributed by atoms with van der Waals surface area (Å²) in [5, 5.41) is 5.10. The van der Waals surface area contributed by atoms with Gasteiger partial charge in [-0.05, 0) is 37.8 Å². The van der Waals surface area contributed by atoms with Gasteiger partial charge in [-0.25, -0.2) is 0 Å². The van der Waals surface area contributed by atoms with Crippen molar-refractivity contribution in [2.75, 3.05) is 13.2 Å². The van der Waals surface area contributed by atoms with E-state index in [1.54, 1.807) is 12.2 Å². The monoisotopic (exact) mass is 415 g/mol. The number of halogens is 1. The second-order valence-corrected chi connectivity index (χ2v) is 7.90. The summed E-state index contributed by atoms with van der Waals surface area (Å²) in [7, 11) is 0. The average molecular weight is 416 g/mol. The van der Waals surface area contributed by atoms with Crippen molar-refractivity contribution in [2.45, 2.75) is 58.7 Å². The van der Waals surface area contributed by atoms with Gasteiger partial charge in [-0.2, -0.15) is 5.10 Å². The summed E-state index contributed by atoms with van der Waals surface area (Å²) in [5.41, 5.74) is 2.76. The van der Waals surface area contributed by atoms with Crippen LogP contribution in [-0.2, 0) is 22.6 Å². The van der Waals surface area contributed by atoms with Crippen LogP contribution < -0.4 is 0 Å². The molecule has 1 aliphatic heterocycles. The maximum absolute atomic E-state index is 13.0. The van der Waals surface area contributed by atoms with E-state index >= 15 is 0 Å². The van der Waals surface area contributed by atoms with Gasteiger partial charge >= 0.3 is 0 Å². The van der Waals surface area contributed by atoms with Crippen molar-refractivity contribution >= 4 is 23.6 Å². The first-order chi connectivity index (χ1) is 14.1. The first kappa shape index (κ1) is 21.6. The van der Waals surface area contributed by atoms with Crippen molar-refractivity contribution in [3.63, 3.8) is 0 Å². The Labute approximate surface area is 178 Å². The van der Waals surface area contributed by atoms with Gasteiger partial charge in [0, 0.05) is 37.9 Å². The Hall–Kier alpha value is -2.11. The normalized spacial score (nSPS) is 16.6. The minimum Gasteiger partial charge on any atom is -0.376 e. The lowest BCUT2D eigenvalue weighted by molar-refractivity contribution is -0.128. The fourth-order valence-corrected chi connectivity index (χ4v) is 3.87. The van der Waals surface area contributed by atoms with E-state index in [2.05, 4.69) is 12.0 Å².